The zero-order valence-electron chi connectivity index (χ0n) is 9.65. The Morgan fingerprint density at radius 2 is 1.94 bits per heavy atom. The van der Waals surface area contributed by atoms with Crippen molar-refractivity contribution < 1.29 is 13.2 Å². The molecule has 0 spiro atoms. The zero-order valence-corrected chi connectivity index (χ0v) is 10.5. The molecular formula is C12H20O3S. The Morgan fingerprint density at radius 3 is 2.56 bits per heavy atom. The number of sulfone groups is 1. The molecule has 4 heteroatoms. The van der Waals surface area contributed by atoms with Crippen LogP contribution >= 0.6 is 0 Å². The monoisotopic (exact) mass is 244 g/mol. The summed E-state index contributed by atoms with van der Waals surface area (Å²) in [6, 6.07) is 0. The van der Waals surface area contributed by atoms with E-state index in [0.29, 0.717) is 12.4 Å². The molecule has 2 fully saturated rings. The third-order valence-electron chi connectivity index (χ3n) is 3.49. The molecule has 1 saturated heterocycles. The molecule has 0 radical (unpaired) electrons. The first-order valence-corrected chi connectivity index (χ1v) is 7.91. The van der Waals surface area contributed by atoms with Gasteiger partial charge in [-0.3, -0.25) is 0 Å². The van der Waals surface area contributed by atoms with E-state index in [9.17, 15) is 8.42 Å². The van der Waals surface area contributed by atoms with Crippen molar-refractivity contribution >= 4 is 9.84 Å². The summed E-state index contributed by atoms with van der Waals surface area (Å²) in [5, 5.41) is -0.257. The quantitative estimate of drug-likeness (QED) is 0.716. The summed E-state index contributed by atoms with van der Waals surface area (Å²) in [6.45, 7) is 0.353. The smallest absolute Gasteiger partial charge is 0.156 e. The summed E-state index contributed by atoms with van der Waals surface area (Å²) in [6.07, 6.45) is 9.43. The van der Waals surface area contributed by atoms with Crippen LogP contribution in [0.15, 0.2) is 11.8 Å². The van der Waals surface area contributed by atoms with Crippen molar-refractivity contribution in [3.63, 3.8) is 0 Å². The molecule has 0 aromatic carbocycles. The van der Waals surface area contributed by atoms with Crippen LogP contribution in [0.25, 0.3) is 0 Å². The summed E-state index contributed by atoms with van der Waals surface area (Å²) in [4.78, 5) is 0. The SMILES string of the molecule is O=S1(=O)CCCC1COC=C1CCCCC1. The Hall–Kier alpha value is -0.510. The maximum atomic E-state index is 11.5. The third-order valence-corrected chi connectivity index (χ3v) is 5.74. The third kappa shape index (κ3) is 3.00. The number of ether oxygens (including phenoxy) is 1. The van der Waals surface area contributed by atoms with Gasteiger partial charge in [-0.05, 0) is 44.1 Å². The van der Waals surface area contributed by atoms with Crippen LogP contribution in [0.2, 0.25) is 0 Å². The fraction of sp³-hybridized carbons (Fsp3) is 0.833. The number of hydrogen-bond acceptors (Lipinski definition) is 3. The van der Waals surface area contributed by atoms with E-state index >= 15 is 0 Å². The van der Waals surface area contributed by atoms with Crippen LogP contribution in [0.4, 0.5) is 0 Å². The highest BCUT2D eigenvalue weighted by Gasteiger charge is 2.31. The second-order valence-electron chi connectivity index (χ2n) is 4.80. The molecule has 1 unspecified atom stereocenters. The molecule has 1 heterocycles. The minimum absolute atomic E-state index is 0.257. The first-order chi connectivity index (χ1) is 7.68. The van der Waals surface area contributed by atoms with Gasteiger partial charge in [-0.2, -0.15) is 0 Å². The minimum atomic E-state index is -2.84. The Balaban J connectivity index is 1.79. The highest BCUT2D eigenvalue weighted by molar-refractivity contribution is 7.92. The molecule has 3 nitrogen and oxygen atoms in total. The van der Waals surface area contributed by atoms with E-state index in [2.05, 4.69) is 0 Å². The largest absolute Gasteiger partial charge is 0.500 e. The molecule has 92 valence electrons. The fourth-order valence-electron chi connectivity index (χ4n) is 2.44. The van der Waals surface area contributed by atoms with Crippen molar-refractivity contribution in [3.8, 4) is 0 Å². The van der Waals surface area contributed by atoms with Gasteiger partial charge in [-0.1, -0.05) is 6.42 Å². The van der Waals surface area contributed by atoms with Crippen LogP contribution in [-0.4, -0.2) is 26.0 Å². The normalized spacial score (nSPS) is 29.0. The molecule has 0 aromatic heterocycles. The molecule has 1 aliphatic heterocycles. The molecule has 1 saturated carbocycles. The fourth-order valence-corrected chi connectivity index (χ4v) is 4.16. The minimum Gasteiger partial charge on any atom is -0.500 e. The van der Waals surface area contributed by atoms with Crippen LogP contribution in [0.5, 0.6) is 0 Å². The van der Waals surface area contributed by atoms with Crippen LogP contribution in [0.3, 0.4) is 0 Å². The molecule has 0 N–H and O–H groups in total. The van der Waals surface area contributed by atoms with Gasteiger partial charge in [0.1, 0.15) is 6.61 Å². The lowest BCUT2D eigenvalue weighted by atomic mass is 9.96. The second kappa shape index (κ2) is 5.21. The van der Waals surface area contributed by atoms with Gasteiger partial charge in [0.15, 0.2) is 9.84 Å². The van der Waals surface area contributed by atoms with Gasteiger partial charge in [0, 0.05) is 0 Å². The molecule has 1 atom stereocenters. The maximum absolute atomic E-state index is 11.5. The van der Waals surface area contributed by atoms with Crippen LogP contribution < -0.4 is 0 Å². The van der Waals surface area contributed by atoms with Gasteiger partial charge in [0.05, 0.1) is 17.3 Å². The van der Waals surface area contributed by atoms with E-state index in [1.165, 1.54) is 24.8 Å². The van der Waals surface area contributed by atoms with Gasteiger partial charge in [0.2, 0.25) is 0 Å². The van der Waals surface area contributed by atoms with Crippen molar-refractivity contribution in [2.75, 3.05) is 12.4 Å². The van der Waals surface area contributed by atoms with Crippen LogP contribution in [0.1, 0.15) is 44.9 Å². The summed E-state index contributed by atoms with van der Waals surface area (Å²) in [5.41, 5.74) is 1.35. The maximum Gasteiger partial charge on any atom is 0.156 e. The number of allylic oxidation sites excluding steroid dienone is 1. The van der Waals surface area contributed by atoms with E-state index < -0.39 is 9.84 Å². The standard InChI is InChI=1S/C12H20O3S/c13-16(14)8-4-7-12(16)10-15-9-11-5-2-1-3-6-11/h9,12H,1-8,10H2. The van der Waals surface area contributed by atoms with Crippen molar-refractivity contribution in [1.82, 2.24) is 0 Å². The molecule has 1 aliphatic carbocycles. The summed E-state index contributed by atoms with van der Waals surface area (Å²) in [5.74, 6) is 0.345. The predicted molar refractivity (Wildman–Crippen MR) is 63.9 cm³/mol. The Kier molecular flexibility index (Phi) is 3.90. The van der Waals surface area contributed by atoms with Crippen molar-refractivity contribution in [3.05, 3.63) is 11.8 Å². The second-order valence-corrected chi connectivity index (χ2v) is 7.20. The molecule has 16 heavy (non-hydrogen) atoms. The predicted octanol–water partition coefficient (Wildman–Crippen LogP) is 2.43. The molecule has 2 rings (SSSR count). The Morgan fingerprint density at radius 1 is 1.19 bits per heavy atom. The van der Waals surface area contributed by atoms with E-state index in [1.54, 1.807) is 0 Å². The highest BCUT2D eigenvalue weighted by Crippen LogP contribution is 2.24. The summed E-state index contributed by atoms with van der Waals surface area (Å²) < 4.78 is 28.5. The molecule has 0 aromatic rings. The number of hydrogen-bond donors (Lipinski definition) is 0. The first-order valence-electron chi connectivity index (χ1n) is 6.19. The van der Waals surface area contributed by atoms with Crippen LogP contribution in [-0.2, 0) is 14.6 Å². The van der Waals surface area contributed by atoms with Gasteiger partial charge in [-0.25, -0.2) is 8.42 Å². The van der Waals surface area contributed by atoms with Crippen molar-refractivity contribution in [1.29, 1.82) is 0 Å². The van der Waals surface area contributed by atoms with Crippen molar-refractivity contribution in [2.24, 2.45) is 0 Å². The molecular weight excluding hydrogens is 224 g/mol. The van der Waals surface area contributed by atoms with E-state index in [4.69, 9.17) is 4.74 Å². The Bertz CT molecular complexity index is 348. The van der Waals surface area contributed by atoms with Gasteiger partial charge in [0.25, 0.3) is 0 Å². The van der Waals surface area contributed by atoms with E-state index in [1.807, 2.05) is 6.26 Å². The average molecular weight is 244 g/mol. The van der Waals surface area contributed by atoms with Crippen LogP contribution in [0, 0.1) is 0 Å². The lowest BCUT2D eigenvalue weighted by molar-refractivity contribution is 0.240. The van der Waals surface area contributed by atoms with E-state index in [-0.39, 0.29) is 5.25 Å². The molecule has 0 bridgehead atoms. The molecule has 0 amide bonds. The van der Waals surface area contributed by atoms with E-state index in [0.717, 1.165) is 25.7 Å². The van der Waals surface area contributed by atoms with Gasteiger partial charge >= 0.3 is 0 Å². The molecule has 2 aliphatic rings. The lowest BCUT2D eigenvalue weighted by Gasteiger charge is -2.14. The summed E-state index contributed by atoms with van der Waals surface area (Å²) in [7, 11) is -2.84. The average Bonchev–Trinajstić information content (AvgIpc) is 2.60. The van der Waals surface area contributed by atoms with Crippen molar-refractivity contribution in [2.45, 2.75) is 50.2 Å². The summed E-state index contributed by atoms with van der Waals surface area (Å²) >= 11 is 0. The Labute approximate surface area is 97.8 Å². The first kappa shape index (κ1) is 12.0. The zero-order chi connectivity index (χ0) is 11.4. The lowest BCUT2D eigenvalue weighted by Crippen LogP contribution is -2.21. The van der Waals surface area contributed by atoms with Gasteiger partial charge < -0.3 is 4.74 Å². The topological polar surface area (TPSA) is 43.4 Å². The highest BCUT2D eigenvalue weighted by atomic mass is 32.2. The number of rotatable bonds is 3. The van der Waals surface area contributed by atoms with Gasteiger partial charge in [-0.15, -0.1) is 0 Å².